The van der Waals surface area contributed by atoms with Crippen molar-refractivity contribution >= 4 is 22.6 Å². The van der Waals surface area contributed by atoms with Crippen molar-refractivity contribution in [2.75, 3.05) is 19.6 Å². The van der Waals surface area contributed by atoms with Crippen LogP contribution in [0.4, 0.5) is 0 Å². The Balaban J connectivity index is 1.54. The molecule has 0 spiro atoms. The number of carbonyl (C=O) groups is 2. The fourth-order valence-electron chi connectivity index (χ4n) is 4.67. The molecule has 152 valence electrons. The lowest BCUT2D eigenvalue weighted by molar-refractivity contribution is -0.123. The van der Waals surface area contributed by atoms with Crippen LogP contribution in [0.15, 0.2) is 48.5 Å². The maximum atomic E-state index is 12.9. The molecule has 2 aliphatic rings. The Hall–Kier alpha value is -3.34. The maximum Gasteiger partial charge on any atom is 0.254 e. The van der Waals surface area contributed by atoms with E-state index in [0.717, 1.165) is 46.7 Å². The van der Waals surface area contributed by atoms with Gasteiger partial charge in [0, 0.05) is 24.2 Å². The number of aryl methyl sites for hydroxylation is 1. The average molecular weight is 400 g/mol. The molecule has 5 nitrogen and oxygen atoms in total. The van der Waals surface area contributed by atoms with E-state index in [1.165, 1.54) is 12.0 Å². The van der Waals surface area contributed by atoms with Crippen LogP contribution in [0.5, 0.6) is 5.75 Å². The van der Waals surface area contributed by atoms with Crippen LogP contribution < -0.4 is 5.32 Å². The Bertz CT molecular complexity index is 1170. The number of phenols is 1. The van der Waals surface area contributed by atoms with Crippen molar-refractivity contribution in [2.45, 2.75) is 25.7 Å². The van der Waals surface area contributed by atoms with Gasteiger partial charge >= 0.3 is 0 Å². The van der Waals surface area contributed by atoms with Gasteiger partial charge in [0.1, 0.15) is 5.75 Å². The Morgan fingerprint density at radius 2 is 1.87 bits per heavy atom. The molecule has 3 aromatic carbocycles. The zero-order chi connectivity index (χ0) is 20.7. The minimum atomic E-state index is -0.131. The van der Waals surface area contributed by atoms with E-state index < -0.39 is 0 Å². The minimum Gasteiger partial charge on any atom is -0.507 e. The molecule has 1 aliphatic heterocycles. The van der Waals surface area contributed by atoms with Crippen molar-refractivity contribution in [3.05, 3.63) is 65.2 Å². The number of rotatable bonds is 2. The second-order valence-electron chi connectivity index (χ2n) is 8.12. The van der Waals surface area contributed by atoms with Crippen molar-refractivity contribution < 1.29 is 14.7 Å². The van der Waals surface area contributed by atoms with Gasteiger partial charge in [-0.25, -0.2) is 0 Å². The molecule has 0 atom stereocenters. The molecule has 30 heavy (non-hydrogen) atoms. The first-order valence-corrected chi connectivity index (χ1v) is 10.5. The van der Waals surface area contributed by atoms with Gasteiger partial charge in [-0.2, -0.15) is 0 Å². The van der Waals surface area contributed by atoms with E-state index in [1.807, 2.05) is 42.5 Å². The molecule has 3 aromatic rings. The number of carbonyl (C=O) groups excluding carboxylic acids is 2. The minimum absolute atomic E-state index is 0.0971. The highest BCUT2D eigenvalue weighted by molar-refractivity contribution is 6.04. The Kier molecular flexibility index (Phi) is 4.66. The number of nitrogens with zero attached hydrogens (tertiary/aromatic N) is 1. The number of phenolic OH excluding ortho intramolecular Hbond substituents is 1. The van der Waals surface area contributed by atoms with Crippen LogP contribution in [0.25, 0.3) is 21.9 Å². The van der Waals surface area contributed by atoms with Gasteiger partial charge in [0.05, 0.1) is 6.54 Å². The normalized spacial score (nSPS) is 16.3. The lowest BCUT2D eigenvalue weighted by Crippen LogP contribution is -2.49. The first-order chi connectivity index (χ1) is 14.6. The molecule has 0 unspecified atom stereocenters. The van der Waals surface area contributed by atoms with E-state index >= 15 is 0 Å². The zero-order valence-electron chi connectivity index (χ0n) is 16.8. The molecule has 5 rings (SSSR count). The number of amides is 2. The van der Waals surface area contributed by atoms with E-state index in [9.17, 15) is 14.7 Å². The number of nitrogens with one attached hydrogen (secondary N) is 1. The lowest BCUT2D eigenvalue weighted by Gasteiger charge is -2.26. The first-order valence-electron chi connectivity index (χ1n) is 10.5. The summed E-state index contributed by atoms with van der Waals surface area (Å²) in [6.45, 7) is 1.10. The summed E-state index contributed by atoms with van der Waals surface area (Å²) in [6.07, 6.45) is 4.23. The van der Waals surface area contributed by atoms with Crippen molar-refractivity contribution in [3.8, 4) is 16.9 Å². The van der Waals surface area contributed by atoms with Gasteiger partial charge < -0.3 is 15.3 Å². The smallest absolute Gasteiger partial charge is 0.254 e. The van der Waals surface area contributed by atoms with E-state index in [1.54, 1.807) is 4.90 Å². The van der Waals surface area contributed by atoms with Gasteiger partial charge in [-0.05, 0) is 65.3 Å². The van der Waals surface area contributed by atoms with E-state index in [2.05, 4.69) is 11.4 Å². The molecule has 0 aromatic heterocycles. The first kappa shape index (κ1) is 18.7. The summed E-state index contributed by atoms with van der Waals surface area (Å²) in [6, 6.07) is 15.7. The van der Waals surface area contributed by atoms with E-state index in [-0.39, 0.29) is 18.4 Å². The third kappa shape index (κ3) is 3.20. The van der Waals surface area contributed by atoms with Crippen LogP contribution >= 0.6 is 0 Å². The van der Waals surface area contributed by atoms with Gasteiger partial charge in [-0.1, -0.05) is 36.4 Å². The summed E-state index contributed by atoms with van der Waals surface area (Å²) in [5.74, 6) is 0.133. The van der Waals surface area contributed by atoms with Crippen LogP contribution in [0.3, 0.4) is 0 Å². The van der Waals surface area contributed by atoms with Gasteiger partial charge in [-0.3, -0.25) is 9.59 Å². The van der Waals surface area contributed by atoms with Crippen molar-refractivity contribution in [2.24, 2.45) is 0 Å². The van der Waals surface area contributed by atoms with Crippen LogP contribution in [0.1, 0.15) is 34.3 Å². The summed E-state index contributed by atoms with van der Waals surface area (Å²) < 4.78 is 0. The van der Waals surface area contributed by atoms with Crippen LogP contribution in [-0.2, 0) is 17.6 Å². The molecule has 2 amide bonds. The monoisotopic (exact) mass is 400 g/mol. The topological polar surface area (TPSA) is 69.6 Å². The summed E-state index contributed by atoms with van der Waals surface area (Å²) in [5.41, 5.74) is 4.71. The number of aromatic hydroxyl groups is 1. The molecule has 1 aliphatic carbocycles. The zero-order valence-corrected chi connectivity index (χ0v) is 16.8. The maximum absolute atomic E-state index is 12.9. The van der Waals surface area contributed by atoms with Gasteiger partial charge in [0.2, 0.25) is 5.91 Å². The number of fused-ring (bicyclic) bond motifs is 2. The van der Waals surface area contributed by atoms with Crippen LogP contribution in [-0.4, -0.2) is 41.5 Å². The van der Waals surface area contributed by atoms with Gasteiger partial charge in [-0.15, -0.1) is 0 Å². The molecule has 2 N–H and O–H groups in total. The lowest BCUT2D eigenvalue weighted by atomic mass is 9.87. The molecule has 0 radical (unpaired) electrons. The Morgan fingerprint density at radius 3 is 2.73 bits per heavy atom. The predicted molar refractivity (Wildman–Crippen MR) is 117 cm³/mol. The van der Waals surface area contributed by atoms with Crippen LogP contribution in [0.2, 0.25) is 0 Å². The molecule has 1 heterocycles. The highest BCUT2D eigenvalue weighted by atomic mass is 16.3. The predicted octanol–water partition coefficient (Wildman–Crippen LogP) is 3.66. The molecular weight excluding hydrogens is 376 g/mol. The Morgan fingerprint density at radius 1 is 1.00 bits per heavy atom. The summed E-state index contributed by atoms with van der Waals surface area (Å²) in [7, 11) is 0. The number of benzene rings is 3. The fraction of sp³-hybridized carbons (Fsp3) is 0.280. The van der Waals surface area contributed by atoms with E-state index in [4.69, 9.17) is 0 Å². The largest absolute Gasteiger partial charge is 0.507 e. The summed E-state index contributed by atoms with van der Waals surface area (Å²) >= 11 is 0. The average Bonchev–Trinajstić information content (AvgIpc) is 2.78. The van der Waals surface area contributed by atoms with Crippen molar-refractivity contribution in [1.82, 2.24) is 10.2 Å². The summed E-state index contributed by atoms with van der Waals surface area (Å²) in [4.78, 5) is 26.1. The molecular formula is C25H24N2O3. The highest BCUT2D eigenvalue weighted by Gasteiger charge is 2.23. The number of hydrogen-bond donors (Lipinski definition) is 2. The van der Waals surface area contributed by atoms with Crippen LogP contribution in [0, 0.1) is 0 Å². The molecule has 0 bridgehead atoms. The van der Waals surface area contributed by atoms with Gasteiger partial charge in [0.15, 0.2) is 0 Å². The quantitative estimate of drug-likeness (QED) is 0.690. The standard InChI is InChI=1S/C25H24N2O3/c28-23-15-27(13-12-26-23)25(30)18-9-10-19-17(14-18)5-3-7-21(19)22-11-8-16-4-1-2-6-20(16)24(22)29/h3,5,7-11,14,29H,1-2,4,6,12-13,15H2,(H,26,28). The third-order valence-electron chi connectivity index (χ3n) is 6.25. The Labute approximate surface area is 175 Å². The van der Waals surface area contributed by atoms with Gasteiger partial charge in [0.25, 0.3) is 5.91 Å². The molecule has 1 fully saturated rings. The number of hydrogen-bond acceptors (Lipinski definition) is 3. The fourth-order valence-corrected chi connectivity index (χ4v) is 4.67. The second-order valence-corrected chi connectivity index (χ2v) is 8.12. The highest BCUT2D eigenvalue weighted by Crippen LogP contribution is 2.40. The molecule has 1 saturated heterocycles. The molecule has 5 heteroatoms. The SMILES string of the molecule is O=C1CN(C(=O)c2ccc3c(-c4ccc5c(c4O)CCCC5)cccc3c2)CCN1. The van der Waals surface area contributed by atoms with Crippen molar-refractivity contribution in [3.63, 3.8) is 0 Å². The summed E-state index contributed by atoms with van der Waals surface area (Å²) in [5, 5.41) is 15.7. The number of piperazine rings is 1. The van der Waals surface area contributed by atoms with E-state index in [0.29, 0.717) is 24.4 Å². The molecule has 0 saturated carbocycles. The third-order valence-corrected chi connectivity index (χ3v) is 6.25. The van der Waals surface area contributed by atoms with Crippen molar-refractivity contribution in [1.29, 1.82) is 0 Å². The second kappa shape index (κ2) is 7.48.